The summed E-state index contributed by atoms with van der Waals surface area (Å²) in [5.74, 6) is 1.88. The predicted molar refractivity (Wildman–Crippen MR) is 132 cm³/mol. The first kappa shape index (κ1) is 21.7. The van der Waals surface area contributed by atoms with E-state index in [1.54, 1.807) is 6.20 Å². The van der Waals surface area contributed by atoms with Crippen molar-refractivity contribution >= 4 is 40.0 Å². The van der Waals surface area contributed by atoms with E-state index < -0.39 is 0 Å². The van der Waals surface area contributed by atoms with Crippen LogP contribution in [-0.2, 0) is 4.79 Å². The Bertz CT molecular complexity index is 1010. The van der Waals surface area contributed by atoms with Crippen molar-refractivity contribution in [2.75, 3.05) is 18.4 Å². The van der Waals surface area contributed by atoms with Gasteiger partial charge in [0.1, 0.15) is 11.6 Å². The first-order valence-electron chi connectivity index (χ1n) is 10.7. The van der Waals surface area contributed by atoms with Crippen molar-refractivity contribution in [2.45, 2.75) is 36.0 Å². The topological polar surface area (TPSA) is 71.0 Å². The number of carbonyl (C=O) groups is 1. The molecule has 7 heteroatoms. The molecule has 2 atom stereocenters. The van der Waals surface area contributed by atoms with Gasteiger partial charge in [-0.05, 0) is 37.1 Å². The second-order valence-electron chi connectivity index (χ2n) is 7.76. The summed E-state index contributed by atoms with van der Waals surface area (Å²) in [5.41, 5.74) is 2.75. The minimum Gasteiger partial charge on any atom is -0.341 e. The minimum absolute atomic E-state index is 0.0410. The molecule has 160 valence electrons. The Balaban J connectivity index is 1.61. The molecule has 0 saturated carbocycles. The molecule has 3 aromatic rings. The summed E-state index contributed by atoms with van der Waals surface area (Å²) in [7, 11) is 0. The molecule has 6 nitrogen and oxygen atoms in total. The monoisotopic (exact) mass is 527 g/mol. The molecule has 0 radical (unpaired) electrons. The number of hydrogen-bond donors (Lipinski definition) is 1. The third-order valence-corrected chi connectivity index (χ3v) is 6.58. The molecular formula is C24H26IN5O. The molecule has 3 heterocycles. The first-order valence-corrected chi connectivity index (χ1v) is 11.9. The molecule has 4 rings (SSSR count). The van der Waals surface area contributed by atoms with Crippen LogP contribution in [0.2, 0.25) is 0 Å². The number of rotatable bonds is 7. The lowest BCUT2D eigenvalue weighted by Gasteiger charge is -2.20. The van der Waals surface area contributed by atoms with Crippen LogP contribution in [-0.4, -0.2) is 42.8 Å². The third-order valence-electron chi connectivity index (χ3n) is 5.42. The average Bonchev–Trinajstić information content (AvgIpc) is 3.30. The fourth-order valence-corrected chi connectivity index (χ4v) is 4.81. The smallest absolute Gasteiger partial charge is 0.235 e. The molecular weight excluding hydrogens is 501 g/mol. The van der Waals surface area contributed by atoms with Crippen molar-refractivity contribution in [3.63, 3.8) is 0 Å². The van der Waals surface area contributed by atoms with E-state index in [4.69, 9.17) is 9.97 Å². The number of alkyl halides is 1. The molecule has 1 aromatic carbocycles. The summed E-state index contributed by atoms with van der Waals surface area (Å²) in [4.78, 5) is 28.7. The first-order chi connectivity index (χ1) is 15.1. The number of amides is 1. The Morgan fingerprint density at radius 2 is 2.06 bits per heavy atom. The molecule has 31 heavy (non-hydrogen) atoms. The number of aromatic nitrogens is 3. The van der Waals surface area contributed by atoms with Crippen LogP contribution in [0.4, 0.5) is 11.5 Å². The average molecular weight is 527 g/mol. The van der Waals surface area contributed by atoms with Crippen LogP contribution in [0.5, 0.6) is 0 Å². The SMILES string of the molecule is CCCC(I)C(=O)N1CCC(c2nc(Nc3ccccc3)cc(-c3cccnc3)n2)C1. The number of likely N-dealkylation sites (tertiary alicyclic amines) is 1. The molecule has 1 saturated heterocycles. The Morgan fingerprint density at radius 1 is 1.23 bits per heavy atom. The van der Waals surface area contributed by atoms with Crippen molar-refractivity contribution in [1.82, 2.24) is 19.9 Å². The Kier molecular flexibility index (Phi) is 7.11. The minimum atomic E-state index is 0.0410. The highest BCUT2D eigenvalue weighted by molar-refractivity contribution is 14.1. The van der Waals surface area contributed by atoms with Gasteiger partial charge in [0, 0.05) is 48.7 Å². The summed E-state index contributed by atoms with van der Waals surface area (Å²) in [6, 6.07) is 15.8. The number of nitrogens with zero attached hydrogens (tertiary/aromatic N) is 4. The number of benzene rings is 1. The normalized spacial score (nSPS) is 16.8. The zero-order valence-corrected chi connectivity index (χ0v) is 19.7. The summed E-state index contributed by atoms with van der Waals surface area (Å²) < 4.78 is 0.0410. The predicted octanol–water partition coefficient (Wildman–Crippen LogP) is 5.20. The van der Waals surface area contributed by atoms with Gasteiger partial charge in [-0.1, -0.05) is 54.1 Å². The van der Waals surface area contributed by atoms with Crippen molar-refractivity contribution in [2.24, 2.45) is 0 Å². The summed E-state index contributed by atoms with van der Waals surface area (Å²) in [6.45, 7) is 3.54. The van der Waals surface area contributed by atoms with E-state index in [1.807, 2.05) is 59.6 Å². The lowest BCUT2D eigenvalue weighted by molar-refractivity contribution is -0.129. The molecule has 0 spiro atoms. The van der Waals surface area contributed by atoms with Gasteiger partial charge in [0.25, 0.3) is 0 Å². The second kappa shape index (κ2) is 10.2. The highest BCUT2D eigenvalue weighted by Gasteiger charge is 2.32. The van der Waals surface area contributed by atoms with Gasteiger partial charge in [-0.25, -0.2) is 9.97 Å². The molecule has 1 fully saturated rings. The molecule has 2 aromatic heterocycles. The van der Waals surface area contributed by atoms with Gasteiger partial charge in [-0.2, -0.15) is 0 Å². The van der Waals surface area contributed by atoms with Crippen LogP contribution >= 0.6 is 22.6 Å². The lowest BCUT2D eigenvalue weighted by atomic mass is 10.1. The van der Waals surface area contributed by atoms with Crippen LogP contribution in [0.1, 0.15) is 37.9 Å². The maximum atomic E-state index is 12.8. The number of pyridine rings is 1. The number of nitrogens with one attached hydrogen (secondary N) is 1. The quantitative estimate of drug-likeness (QED) is 0.338. The zero-order chi connectivity index (χ0) is 21.6. The van der Waals surface area contributed by atoms with Gasteiger partial charge in [0.05, 0.1) is 9.62 Å². The van der Waals surface area contributed by atoms with Crippen molar-refractivity contribution in [3.8, 4) is 11.3 Å². The molecule has 1 aliphatic rings. The van der Waals surface area contributed by atoms with Gasteiger partial charge in [-0.3, -0.25) is 9.78 Å². The van der Waals surface area contributed by atoms with Gasteiger partial charge < -0.3 is 10.2 Å². The lowest BCUT2D eigenvalue weighted by Crippen LogP contribution is -2.34. The van der Waals surface area contributed by atoms with Gasteiger partial charge in [-0.15, -0.1) is 0 Å². The number of hydrogen-bond acceptors (Lipinski definition) is 5. The zero-order valence-electron chi connectivity index (χ0n) is 17.5. The van der Waals surface area contributed by atoms with Crippen LogP contribution in [0, 0.1) is 0 Å². The van der Waals surface area contributed by atoms with E-state index in [9.17, 15) is 4.79 Å². The van der Waals surface area contributed by atoms with Crippen LogP contribution in [0.3, 0.4) is 0 Å². The number of para-hydroxylation sites is 1. The molecule has 0 bridgehead atoms. The largest absolute Gasteiger partial charge is 0.341 e. The van der Waals surface area contributed by atoms with Gasteiger partial charge in [0.15, 0.2) is 0 Å². The molecule has 1 aliphatic heterocycles. The highest BCUT2D eigenvalue weighted by atomic mass is 127. The van der Waals surface area contributed by atoms with Crippen molar-refractivity contribution in [1.29, 1.82) is 0 Å². The van der Waals surface area contributed by atoms with Crippen molar-refractivity contribution in [3.05, 3.63) is 66.7 Å². The standard InChI is InChI=1S/C24H26IN5O/c1-2-7-20(25)24(31)30-13-11-18(16-30)23-28-21(17-8-6-12-26-15-17)14-22(29-23)27-19-9-4-3-5-10-19/h3-6,8-10,12,14-15,18,20H,2,7,11,13,16H2,1H3,(H,27,28,29). The molecule has 2 unspecified atom stereocenters. The summed E-state index contributed by atoms with van der Waals surface area (Å²) >= 11 is 2.27. The second-order valence-corrected chi connectivity index (χ2v) is 9.26. The Morgan fingerprint density at radius 3 is 2.81 bits per heavy atom. The maximum Gasteiger partial charge on any atom is 0.235 e. The molecule has 1 N–H and O–H groups in total. The Labute approximate surface area is 196 Å². The van der Waals surface area contributed by atoms with E-state index in [2.05, 4.69) is 39.8 Å². The Hall–Kier alpha value is -2.55. The highest BCUT2D eigenvalue weighted by Crippen LogP contribution is 2.30. The van der Waals surface area contributed by atoms with Crippen LogP contribution in [0.25, 0.3) is 11.3 Å². The third kappa shape index (κ3) is 5.39. The van der Waals surface area contributed by atoms with Crippen LogP contribution in [0.15, 0.2) is 60.9 Å². The maximum absolute atomic E-state index is 12.8. The van der Waals surface area contributed by atoms with E-state index in [0.29, 0.717) is 6.54 Å². The number of carbonyl (C=O) groups excluding carboxylic acids is 1. The van der Waals surface area contributed by atoms with E-state index in [1.165, 1.54) is 0 Å². The number of anilines is 2. The molecule has 1 amide bonds. The fourth-order valence-electron chi connectivity index (χ4n) is 3.79. The fraction of sp³-hybridized carbons (Fsp3) is 0.333. The van der Waals surface area contributed by atoms with E-state index >= 15 is 0 Å². The molecule has 0 aliphatic carbocycles. The van der Waals surface area contributed by atoms with Gasteiger partial charge in [0.2, 0.25) is 5.91 Å². The van der Waals surface area contributed by atoms with Crippen molar-refractivity contribution < 1.29 is 4.79 Å². The van der Waals surface area contributed by atoms with E-state index in [-0.39, 0.29) is 15.7 Å². The summed E-state index contributed by atoms with van der Waals surface area (Å²) in [6.07, 6.45) is 6.38. The summed E-state index contributed by atoms with van der Waals surface area (Å²) in [5, 5.41) is 3.39. The van der Waals surface area contributed by atoms with E-state index in [0.717, 1.165) is 54.4 Å². The number of halogens is 1. The van der Waals surface area contributed by atoms with Crippen LogP contribution < -0.4 is 5.32 Å². The van der Waals surface area contributed by atoms with Gasteiger partial charge >= 0.3 is 0 Å².